The number of aliphatic hydroxyl groups is 1. The summed E-state index contributed by atoms with van der Waals surface area (Å²) in [7, 11) is 0. The van der Waals surface area contributed by atoms with Crippen LogP contribution >= 0.6 is 0 Å². The summed E-state index contributed by atoms with van der Waals surface area (Å²) in [6.07, 6.45) is 5.55. The highest BCUT2D eigenvalue weighted by Crippen LogP contribution is 2.47. The van der Waals surface area contributed by atoms with E-state index in [4.69, 9.17) is 14.5 Å². The zero-order valence-electron chi connectivity index (χ0n) is 31.9. The Hall–Kier alpha value is -4.16. The van der Waals surface area contributed by atoms with Crippen LogP contribution in [0.15, 0.2) is 89.9 Å². The van der Waals surface area contributed by atoms with Crippen molar-refractivity contribution in [3.8, 4) is 17.2 Å². The lowest BCUT2D eigenvalue weighted by atomic mass is 9.73. The van der Waals surface area contributed by atoms with Crippen LogP contribution in [0.2, 0.25) is 0 Å². The summed E-state index contributed by atoms with van der Waals surface area (Å²) in [6, 6.07) is 26.0. The maximum Gasteiger partial charge on any atom is 0.144 e. The van der Waals surface area contributed by atoms with Crippen molar-refractivity contribution in [3.05, 3.63) is 124 Å². The fourth-order valence-corrected chi connectivity index (χ4v) is 6.10. The summed E-state index contributed by atoms with van der Waals surface area (Å²) in [6.45, 7) is 17.5. The van der Waals surface area contributed by atoms with Crippen LogP contribution in [0.3, 0.4) is 0 Å². The number of ether oxygens (including phenoxy) is 2. The maximum absolute atomic E-state index is 14.0. The first-order valence-corrected chi connectivity index (χ1v) is 18.4. The standard InChI is InChI=1S/C45H58FNO4/c1-9-11-24-50-40-22-19-35(43(3,4)5)28-37(40)45(49,38-29-36(44(6,7)8)20-23-41(38)51-25-12-10-2)42(27-32-16-14-13-15-17-32)47-31-34-26-33(30-46)18-21-39(34)48/h13-23,26,28-29,31,42,48-49H,9-12,24-25,27,30H2,1-8H3. The van der Waals surface area contributed by atoms with Gasteiger partial charge in [-0.3, -0.25) is 4.99 Å². The van der Waals surface area contributed by atoms with E-state index in [1.54, 1.807) is 18.3 Å². The fourth-order valence-electron chi connectivity index (χ4n) is 6.10. The van der Waals surface area contributed by atoms with Crippen molar-refractivity contribution >= 4 is 6.21 Å². The van der Waals surface area contributed by atoms with E-state index in [0.29, 0.717) is 53.4 Å². The highest BCUT2D eigenvalue weighted by molar-refractivity contribution is 5.84. The largest absolute Gasteiger partial charge is 0.507 e. The molecule has 5 nitrogen and oxygen atoms in total. The van der Waals surface area contributed by atoms with E-state index in [2.05, 4.69) is 79.7 Å². The zero-order chi connectivity index (χ0) is 37.2. The molecule has 0 saturated carbocycles. The number of hydrogen-bond donors (Lipinski definition) is 2. The molecule has 1 atom stereocenters. The number of rotatable bonds is 16. The Labute approximate surface area is 305 Å². The molecule has 0 heterocycles. The Kier molecular flexibility index (Phi) is 13.5. The van der Waals surface area contributed by atoms with Crippen LogP contribution in [0, 0.1) is 0 Å². The molecule has 0 aliphatic heterocycles. The second kappa shape index (κ2) is 17.4. The second-order valence-electron chi connectivity index (χ2n) is 15.6. The van der Waals surface area contributed by atoms with Crippen molar-refractivity contribution in [2.75, 3.05) is 13.2 Å². The highest BCUT2D eigenvalue weighted by Gasteiger charge is 2.45. The number of halogens is 1. The topological polar surface area (TPSA) is 71.3 Å². The number of unbranched alkanes of at least 4 members (excludes halogenated alkanes) is 2. The second-order valence-corrected chi connectivity index (χ2v) is 15.6. The average molecular weight is 696 g/mol. The Morgan fingerprint density at radius 2 is 1.24 bits per heavy atom. The van der Waals surface area contributed by atoms with Crippen molar-refractivity contribution in [2.24, 2.45) is 4.99 Å². The third-order valence-corrected chi connectivity index (χ3v) is 9.42. The van der Waals surface area contributed by atoms with Crippen molar-refractivity contribution in [2.45, 2.75) is 117 Å². The highest BCUT2D eigenvalue weighted by atomic mass is 19.1. The van der Waals surface area contributed by atoms with Crippen LogP contribution < -0.4 is 9.47 Å². The number of aliphatic imine (C=N–C) groups is 1. The molecule has 6 heteroatoms. The first-order chi connectivity index (χ1) is 24.2. The van der Waals surface area contributed by atoms with Crippen LogP contribution in [0.4, 0.5) is 4.39 Å². The molecule has 51 heavy (non-hydrogen) atoms. The summed E-state index contributed by atoms with van der Waals surface area (Å²) in [5.41, 5.74) is 2.78. The van der Waals surface area contributed by atoms with Crippen LogP contribution in [0.25, 0.3) is 0 Å². The number of aromatic hydroxyl groups is 1. The zero-order valence-corrected chi connectivity index (χ0v) is 31.9. The quantitative estimate of drug-likeness (QED) is 0.0904. The molecule has 2 N–H and O–H groups in total. The number of benzene rings is 4. The molecular weight excluding hydrogens is 637 g/mol. The molecule has 0 saturated heterocycles. The minimum absolute atomic E-state index is 0.0189. The molecule has 0 amide bonds. The fraction of sp³-hybridized carbons (Fsp3) is 0.444. The van der Waals surface area contributed by atoms with E-state index in [9.17, 15) is 14.6 Å². The first kappa shape index (κ1) is 39.6. The van der Waals surface area contributed by atoms with E-state index in [-0.39, 0.29) is 16.6 Å². The molecule has 0 aliphatic rings. The monoisotopic (exact) mass is 695 g/mol. The van der Waals surface area contributed by atoms with E-state index < -0.39 is 18.3 Å². The van der Waals surface area contributed by atoms with Crippen LogP contribution in [-0.4, -0.2) is 35.7 Å². The van der Waals surface area contributed by atoms with Crippen LogP contribution in [-0.2, 0) is 29.5 Å². The number of hydrogen-bond acceptors (Lipinski definition) is 5. The number of nitrogens with zero attached hydrogens (tertiary/aromatic N) is 1. The Morgan fingerprint density at radius 3 is 1.71 bits per heavy atom. The number of phenolic OH excluding ortho intramolecular Hbond substituents is 1. The molecule has 0 spiro atoms. The summed E-state index contributed by atoms with van der Waals surface area (Å²) in [5, 5.41) is 24.8. The molecule has 1 unspecified atom stereocenters. The van der Waals surface area contributed by atoms with E-state index in [1.807, 2.05) is 42.5 Å². The molecule has 274 valence electrons. The van der Waals surface area contributed by atoms with Gasteiger partial charge in [-0.25, -0.2) is 4.39 Å². The van der Waals surface area contributed by atoms with Crippen molar-refractivity contribution < 1.29 is 24.1 Å². The summed E-state index contributed by atoms with van der Waals surface area (Å²) in [4.78, 5) is 5.14. The molecule has 0 aromatic heterocycles. The normalized spacial score (nSPS) is 13.1. The summed E-state index contributed by atoms with van der Waals surface area (Å²) < 4.78 is 26.8. The van der Waals surface area contributed by atoms with Gasteiger partial charge >= 0.3 is 0 Å². The summed E-state index contributed by atoms with van der Waals surface area (Å²) in [5.74, 6) is 1.14. The first-order valence-electron chi connectivity index (χ1n) is 18.4. The predicted molar refractivity (Wildman–Crippen MR) is 209 cm³/mol. The van der Waals surface area contributed by atoms with Gasteiger partial charge in [0.1, 0.15) is 29.5 Å². The van der Waals surface area contributed by atoms with Gasteiger partial charge in [0, 0.05) is 22.9 Å². The molecule has 0 aliphatic carbocycles. The van der Waals surface area contributed by atoms with Gasteiger partial charge in [-0.2, -0.15) is 0 Å². The lowest BCUT2D eigenvalue weighted by Crippen LogP contribution is -2.42. The van der Waals surface area contributed by atoms with Crippen molar-refractivity contribution in [1.82, 2.24) is 0 Å². The van der Waals surface area contributed by atoms with Crippen molar-refractivity contribution in [3.63, 3.8) is 0 Å². The van der Waals surface area contributed by atoms with E-state index in [1.165, 1.54) is 6.07 Å². The number of phenols is 1. The molecular formula is C45H58FNO4. The van der Waals surface area contributed by atoms with Crippen LogP contribution in [0.1, 0.15) is 120 Å². The molecule has 4 rings (SSSR count). The van der Waals surface area contributed by atoms with Gasteiger partial charge in [0.15, 0.2) is 0 Å². The minimum atomic E-state index is -1.79. The lowest BCUT2D eigenvalue weighted by molar-refractivity contribution is 0.0460. The van der Waals surface area contributed by atoms with Gasteiger partial charge in [0.2, 0.25) is 0 Å². The lowest BCUT2D eigenvalue weighted by Gasteiger charge is -2.39. The van der Waals surface area contributed by atoms with E-state index in [0.717, 1.165) is 42.4 Å². The van der Waals surface area contributed by atoms with E-state index >= 15 is 0 Å². The van der Waals surface area contributed by atoms with Gasteiger partial charge < -0.3 is 19.7 Å². The third-order valence-electron chi connectivity index (χ3n) is 9.42. The number of alkyl halides is 1. The smallest absolute Gasteiger partial charge is 0.144 e. The predicted octanol–water partition coefficient (Wildman–Crippen LogP) is 10.8. The Balaban J connectivity index is 2.14. The Morgan fingerprint density at radius 1 is 0.706 bits per heavy atom. The minimum Gasteiger partial charge on any atom is -0.507 e. The van der Waals surface area contributed by atoms with Gasteiger partial charge in [0.05, 0.1) is 19.3 Å². The Bertz CT molecular complexity index is 1660. The van der Waals surface area contributed by atoms with Gasteiger partial charge in [-0.15, -0.1) is 0 Å². The third kappa shape index (κ3) is 10.0. The SMILES string of the molecule is CCCCOc1ccc(C(C)(C)C)cc1C(O)(c1cc(C(C)(C)C)ccc1OCCCC)C(Cc1ccccc1)N=Cc1cc(CF)ccc1O. The average Bonchev–Trinajstić information content (AvgIpc) is 3.10. The van der Waals surface area contributed by atoms with Crippen LogP contribution in [0.5, 0.6) is 17.2 Å². The molecule has 0 radical (unpaired) electrons. The molecule has 0 bridgehead atoms. The van der Waals surface area contributed by atoms with Gasteiger partial charge in [-0.05, 0) is 88.7 Å². The van der Waals surface area contributed by atoms with Gasteiger partial charge in [-0.1, -0.05) is 117 Å². The van der Waals surface area contributed by atoms with Crippen molar-refractivity contribution in [1.29, 1.82) is 0 Å². The van der Waals surface area contributed by atoms with Gasteiger partial charge in [0.25, 0.3) is 0 Å². The molecule has 0 fully saturated rings. The maximum atomic E-state index is 14.0. The molecule has 4 aromatic carbocycles. The molecule has 4 aromatic rings. The summed E-state index contributed by atoms with van der Waals surface area (Å²) >= 11 is 0.